The Hall–Kier alpha value is -3.06. The second kappa shape index (κ2) is 8.55. The molecule has 1 N–H and O–H groups in total. The number of ether oxygens (including phenoxy) is 1. The molecule has 0 bridgehead atoms. The number of hydrogen-bond donors (Lipinski definition) is 1. The second-order valence-corrected chi connectivity index (χ2v) is 6.91. The maximum atomic E-state index is 12.0. The van der Waals surface area contributed by atoms with Gasteiger partial charge >= 0.3 is 0 Å². The highest BCUT2D eigenvalue weighted by molar-refractivity contribution is 7.99. The van der Waals surface area contributed by atoms with Crippen LogP contribution < -0.4 is 10.1 Å². The van der Waals surface area contributed by atoms with Crippen LogP contribution in [-0.2, 0) is 11.8 Å². The van der Waals surface area contributed by atoms with E-state index in [1.165, 1.54) is 6.92 Å². The molecule has 6 nitrogen and oxygen atoms in total. The number of hydrogen-bond acceptors (Lipinski definition) is 5. The molecular weight excluding hydrogens is 362 g/mol. The number of carbonyl (C=O) groups is 2. The normalized spacial score (nSPS) is 10.4. The summed E-state index contributed by atoms with van der Waals surface area (Å²) < 4.78 is 7.39. The van der Waals surface area contributed by atoms with Crippen molar-refractivity contribution in [2.24, 2.45) is 7.05 Å². The minimum atomic E-state index is -0.254. The maximum absolute atomic E-state index is 12.0. The highest BCUT2D eigenvalue weighted by Gasteiger charge is 2.06. The lowest BCUT2D eigenvalue weighted by Crippen LogP contribution is -2.20. The fourth-order valence-electron chi connectivity index (χ4n) is 2.29. The molecule has 0 spiro atoms. The van der Waals surface area contributed by atoms with Crippen LogP contribution in [0.15, 0.2) is 71.0 Å². The van der Waals surface area contributed by atoms with Gasteiger partial charge in [-0.05, 0) is 55.5 Å². The Morgan fingerprint density at radius 3 is 2.41 bits per heavy atom. The minimum absolute atomic E-state index is 0.0104. The molecule has 0 unspecified atom stereocenters. The first kappa shape index (κ1) is 18.7. The zero-order valence-electron chi connectivity index (χ0n) is 15.0. The lowest BCUT2D eigenvalue weighted by Gasteiger charge is -2.08. The molecule has 0 aliphatic carbocycles. The highest BCUT2D eigenvalue weighted by Crippen LogP contribution is 2.26. The molecule has 0 aliphatic heterocycles. The van der Waals surface area contributed by atoms with Gasteiger partial charge in [-0.25, -0.2) is 4.98 Å². The lowest BCUT2D eigenvalue weighted by atomic mass is 10.1. The van der Waals surface area contributed by atoms with Gasteiger partial charge in [0.2, 0.25) is 0 Å². The predicted octanol–water partition coefficient (Wildman–Crippen LogP) is 3.79. The van der Waals surface area contributed by atoms with Gasteiger partial charge in [-0.1, -0.05) is 11.8 Å². The van der Waals surface area contributed by atoms with Crippen LogP contribution in [0.3, 0.4) is 0 Å². The third kappa shape index (κ3) is 5.21. The smallest absolute Gasteiger partial charge is 0.262 e. The number of Topliss-reactive ketones (excluding diaryl/α,β-unsaturated/α-hetero) is 1. The number of aryl methyl sites for hydroxylation is 1. The van der Waals surface area contributed by atoms with Gasteiger partial charge in [0.05, 0.1) is 0 Å². The zero-order valence-corrected chi connectivity index (χ0v) is 15.8. The van der Waals surface area contributed by atoms with Crippen LogP contribution in [0.2, 0.25) is 0 Å². The SMILES string of the molecule is CC(=O)c1ccc(OCC(=O)Nc2ccc(Sc3nccn3C)cc2)cc1. The fraction of sp³-hybridized carbons (Fsp3) is 0.150. The van der Waals surface area contributed by atoms with Crippen LogP contribution in [0.1, 0.15) is 17.3 Å². The first-order valence-electron chi connectivity index (χ1n) is 8.30. The molecule has 27 heavy (non-hydrogen) atoms. The molecule has 1 aromatic heterocycles. The number of rotatable bonds is 7. The lowest BCUT2D eigenvalue weighted by molar-refractivity contribution is -0.118. The number of amides is 1. The van der Waals surface area contributed by atoms with E-state index in [1.807, 2.05) is 42.1 Å². The Balaban J connectivity index is 1.50. The van der Waals surface area contributed by atoms with E-state index in [-0.39, 0.29) is 18.3 Å². The van der Waals surface area contributed by atoms with Gasteiger partial charge in [0.1, 0.15) is 5.75 Å². The van der Waals surface area contributed by atoms with Crippen LogP contribution in [0.25, 0.3) is 0 Å². The molecule has 3 rings (SSSR count). The van der Waals surface area contributed by atoms with Gasteiger partial charge in [-0.3, -0.25) is 9.59 Å². The van der Waals surface area contributed by atoms with Crippen molar-refractivity contribution in [3.63, 3.8) is 0 Å². The third-order valence-corrected chi connectivity index (χ3v) is 4.84. The van der Waals surface area contributed by atoms with Crippen molar-refractivity contribution < 1.29 is 14.3 Å². The van der Waals surface area contributed by atoms with Crippen molar-refractivity contribution >= 4 is 29.1 Å². The molecule has 1 amide bonds. The standard InChI is InChI=1S/C20H19N3O3S/c1-14(24)15-3-7-17(8-4-15)26-13-19(25)22-16-5-9-18(10-6-16)27-20-21-11-12-23(20)2/h3-12H,13H2,1-2H3,(H,22,25). The monoisotopic (exact) mass is 381 g/mol. The van der Waals surface area contributed by atoms with Crippen LogP contribution >= 0.6 is 11.8 Å². The van der Waals surface area contributed by atoms with Gasteiger partial charge in [0, 0.05) is 35.6 Å². The summed E-state index contributed by atoms with van der Waals surface area (Å²) in [6.45, 7) is 1.40. The summed E-state index contributed by atoms with van der Waals surface area (Å²) in [7, 11) is 1.94. The number of carbonyl (C=O) groups excluding carboxylic acids is 2. The number of imidazole rings is 1. The van der Waals surface area contributed by atoms with Crippen molar-refractivity contribution in [2.75, 3.05) is 11.9 Å². The van der Waals surface area contributed by atoms with E-state index in [2.05, 4.69) is 10.3 Å². The average Bonchev–Trinajstić information content (AvgIpc) is 3.06. The van der Waals surface area contributed by atoms with Gasteiger partial charge in [0.25, 0.3) is 5.91 Å². The summed E-state index contributed by atoms with van der Waals surface area (Å²) in [6.07, 6.45) is 3.65. The predicted molar refractivity (Wildman–Crippen MR) is 104 cm³/mol. The number of benzene rings is 2. The quantitative estimate of drug-likeness (QED) is 0.631. The third-order valence-electron chi connectivity index (χ3n) is 3.75. The molecule has 7 heteroatoms. The number of ketones is 1. The van der Waals surface area contributed by atoms with E-state index in [0.717, 1.165) is 10.1 Å². The number of aromatic nitrogens is 2. The Morgan fingerprint density at radius 1 is 1.11 bits per heavy atom. The van der Waals surface area contributed by atoms with Gasteiger partial charge < -0.3 is 14.6 Å². The summed E-state index contributed by atoms with van der Waals surface area (Å²) >= 11 is 1.55. The van der Waals surface area contributed by atoms with Crippen molar-refractivity contribution in [3.8, 4) is 5.75 Å². The van der Waals surface area contributed by atoms with Gasteiger partial charge in [-0.2, -0.15) is 0 Å². The van der Waals surface area contributed by atoms with E-state index < -0.39 is 0 Å². The number of anilines is 1. The van der Waals surface area contributed by atoms with Gasteiger partial charge in [0.15, 0.2) is 17.5 Å². The van der Waals surface area contributed by atoms with E-state index in [4.69, 9.17) is 4.74 Å². The molecule has 0 fully saturated rings. The molecule has 0 saturated heterocycles. The van der Waals surface area contributed by atoms with Crippen molar-refractivity contribution in [3.05, 3.63) is 66.5 Å². The molecule has 138 valence electrons. The first-order valence-corrected chi connectivity index (χ1v) is 9.12. The molecule has 1 heterocycles. The molecular formula is C20H19N3O3S. The maximum Gasteiger partial charge on any atom is 0.262 e. The summed E-state index contributed by atoms with van der Waals surface area (Å²) in [5.74, 6) is 0.274. The van der Waals surface area contributed by atoms with Crippen LogP contribution in [0.5, 0.6) is 5.75 Å². The van der Waals surface area contributed by atoms with Crippen molar-refractivity contribution in [1.29, 1.82) is 0 Å². The summed E-state index contributed by atoms with van der Waals surface area (Å²) in [5.41, 5.74) is 1.30. The van der Waals surface area contributed by atoms with Gasteiger partial charge in [-0.15, -0.1) is 0 Å². The molecule has 0 saturated carbocycles. The second-order valence-electron chi connectivity index (χ2n) is 5.86. The van der Waals surface area contributed by atoms with E-state index >= 15 is 0 Å². The Morgan fingerprint density at radius 2 is 1.81 bits per heavy atom. The largest absolute Gasteiger partial charge is 0.484 e. The van der Waals surface area contributed by atoms with Crippen molar-refractivity contribution in [2.45, 2.75) is 17.0 Å². The summed E-state index contributed by atoms with van der Waals surface area (Å²) in [5, 5.41) is 3.69. The van der Waals surface area contributed by atoms with Crippen LogP contribution in [0.4, 0.5) is 5.69 Å². The molecule has 0 atom stereocenters. The van der Waals surface area contributed by atoms with Crippen LogP contribution in [-0.4, -0.2) is 27.8 Å². The summed E-state index contributed by atoms with van der Waals surface area (Å²) in [4.78, 5) is 28.6. The van der Waals surface area contributed by atoms with Crippen molar-refractivity contribution in [1.82, 2.24) is 9.55 Å². The van der Waals surface area contributed by atoms with E-state index in [9.17, 15) is 9.59 Å². The van der Waals surface area contributed by atoms with E-state index in [0.29, 0.717) is 17.0 Å². The number of nitrogens with one attached hydrogen (secondary N) is 1. The zero-order chi connectivity index (χ0) is 19.2. The molecule has 2 aromatic carbocycles. The Kier molecular flexibility index (Phi) is 5.93. The Labute approximate surface area is 161 Å². The Bertz CT molecular complexity index is 934. The van der Waals surface area contributed by atoms with E-state index in [1.54, 1.807) is 42.2 Å². The topological polar surface area (TPSA) is 73.2 Å². The first-order chi connectivity index (χ1) is 13.0. The van der Waals surface area contributed by atoms with Crippen LogP contribution in [0, 0.1) is 0 Å². The number of nitrogens with zero attached hydrogens (tertiary/aromatic N) is 2. The fourth-order valence-corrected chi connectivity index (χ4v) is 3.10. The highest BCUT2D eigenvalue weighted by atomic mass is 32.2. The molecule has 0 aliphatic rings. The molecule has 0 radical (unpaired) electrons. The summed E-state index contributed by atoms with van der Waals surface area (Å²) in [6, 6.07) is 14.2. The minimum Gasteiger partial charge on any atom is -0.484 e. The average molecular weight is 381 g/mol. The molecule has 3 aromatic rings.